The molecular formula is C10H16N2O4S. The number of nitrogens with one attached hydrogen (secondary N) is 1. The minimum Gasteiger partial charge on any atom is -0.466 e. The van der Waals surface area contributed by atoms with Gasteiger partial charge in [-0.1, -0.05) is 0 Å². The summed E-state index contributed by atoms with van der Waals surface area (Å²) in [5.41, 5.74) is 0. The highest BCUT2D eigenvalue weighted by atomic mass is 32.2. The van der Waals surface area contributed by atoms with Crippen molar-refractivity contribution in [2.24, 2.45) is 5.92 Å². The third-order valence-electron chi connectivity index (χ3n) is 2.42. The zero-order valence-corrected chi connectivity index (χ0v) is 10.5. The Morgan fingerprint density at radius 2 is 2.24 bits per heavy atom. The molecule has 0 radical (unpaired) electrons. The van der Waals surface area contributed by atoms with Gasteiger partial charge in [-0.05, 0) is 25.7 Å². The predicted octanol–water partition coefficient (Wildman–Crippen LogP) is 0.161. The van der Waals surface area contributed by atoms with Gasteiger partial charge in [0.25, 0.3) is 0 Å². The summed E-state index contributed by atoms with van der Waals surface area (Å²) in [6.07, 6.45) is 1.56. The molecule has 0 aromatic carbocycles. The van der Waals surface area contributed by atoms with Crippen molar-refractivity contribution >= 4 is 16.0 Å². The molecule has 0 aliphatic heterocycles. The van der Waals surface area contributed by atoms with Crippen molar-refractivity contribution in [3.05, 3.63) is 0 Å². The molecule has 1 aliphatic carbocycles. The first-order chi connectivity index (χ1) is 7.98. The first-order valence-corrected chi connectivity index (χ1v) is 7.19. The summed E-state index contributed by atoms with van der Waals surface area (Å²) in [6, 6.07) is 1.26. The number of carbonyl (C=O) groups is 1. The molecule has 1 saturated carbocycles. The molecule has 0 spiro atoms. The van der Waals surface area contributed by atoms with E-state index in [1.54, 1.807) is 6.92 Å². The molecule has 1 rings (SSSR count). The van der Waals surface area contributed by atoms with Crippen molar-refractivity contribution < 1.29 is 17.9 Å². The van der Waals surface area contributed by atoms with Gasteiger partial charge in [-0.3, -0.25) is 4.79 Å². The van der Waals surface area contributed by atoms with E-state index in [1.807, 2.05) is 6.07 Å². The van der Waals surface area contributed by atoms with Crippen LogP contribution in [0.25, 0.3) is 0 Å². The van der Waals surface area contributed by atoms with Gasteiger partial charge in [-0.2, -0.15) is 9.98 Å². The molecule has 0 aromatic heterocycles. The van der Waals surface area contributed by atoms with Crippen molar-refractivity contribution in [1.29, 1.82) is 5.26 Å². The van der Waals surface area contributed by atoms with E-state index in [0.717, 1.165) is 12.8 Å². The number of hydrogen-bond donors (Lipinski definition) is 1. The zero-order chi connectivity index (χ0) is 12.9. The van der Waals surface area contributed by atoms with Gasteiger partial charge in [0.05, 0.1) is 24.8 Å². The van der Waals surface area contributed by atoms with Gasteiger partial charge >= 0.3 is 5.97 Å². The molecule has 7 heteroatoms. The second kappa shape index (κ2) is 5.98. The van der Waals surface area contributed by atoms with Gasteiger partial charge < -0.3 is 4.74 Å². The number of nitrogens with zero attached hydrogens (tertiary/aromatic N) is 1. The van der Waals surface area contributed by atoms with Crippen LogP contribution >= 0.6 is 0 Å². The second-order valence-corrected chi connectivity index (χ2v) is 5.81. The molecule has 6 nitrogen and oxygen atoms in total. The third-order valence-corrected chi connectivity index (χ3v) is 3.77. The van der Waals surface area contributed by atoms with E-state index in [4.69, 9.17) is 5.26 Å². The normalized spacial score (nSPS) is 17.2. The Balaban J connectivity index is 2.40. The van der Waals surface area contributed by atoms with E-state index in [2.05, 4.69) is 9.46 Å². The number of hydrogen-bond acceptors (Lipinski definition) is 5. The summed E-state index contributed by atoms with van der Waals surface area (Å²) >= 11 is 0. The Bertz CT molecular complexity index is 409. The van der Waals surface area contributed by atoms with E-state index in [9.17, 15) is 13.2 Å². The lowest BCUT2D eigenvalue weighted by Crippen LogP contribution is -2.37. The average molecular weight is 260 g/mol. The lowest BCUT2D eigenvalue weighted by atomic mass is 10.2. The highest BCUT2D eigenvalue weighted by molar-refractivity contribution is 7.89. The minimum absolute atomic E-state index is 0.123. The summed E-state index contributed by atoms with van der Waals surface area (Å²) in [7, 11) is -3.58. The number of carbonyl (C=O) groups excluding carboxylic acids is 1. The van der Waals surface area contributed by atoms with Gasteiger partial charge in [0.1, 0.15) is 6.04 Å². The van der Waals surface area contributed by atoms with Crippen LogP contribution in [0.5, 0.6) is 0 Å². The zero-order valence-electron chi connectivity index (χ0n) is 9.68. The minimum atomic E-state index is -3.58. The molecule has 1 fully saturated rings. The van der Waals surface area contributed by atoms with Gasteiger partial charge in [-0.15, -0.1) is 0 Å². The third kappa shape index (κ3) is 5.15. The van der Waals surface area contributed by atoms with Crippen molar-refractivity contribution in [3.8, 4) is 6.07 Å². The molecule has 0 heterocycles. The van der Waals surface area contributed by atoms with Gasteiger partial charge in [-0.25, -0.2) is 8.42 Å². The smallest absolute Gasteiger partial charge is 0.306 e. The number of ether oxygens (including phenoxy) is 1. The Labute approximate surface area is 101 Å². The average Bonchev–Trinajstić information content (AvgIpc) is 3.08. The summed E-state index contributed by atoms with van der Waals surface area (Å²) in [4.78, 5) is 11.0. The lowest BCUT2D eigenvalue weighted by Gasteiger charge is -2.10. The van der Waals surface area contributed by atoms with Crippen LogP contribution in [0.1, 0.15) is 26.2 Å². The van der Waals surface area contributed by atoms with E-state index in [0.29, 0.717) is 0 Å². The maximum Gasteiger partial charge on any atom is 0.306 e. The molecule has 1 unspecified atom stereocenters. The quantitative estimate of drug-likeness (QED) is 0.658. The van der Waals surface area contributed by atoms with Gasteiger partial charge in [0.15, 0.2) is 0 Å². The van der Waals surface area contributed by atoms with E-state index in [1.165, 1.54) is 0 Å². The van der Waals surface area contributed by atoms with E-state index in [-0.39, 0.29) is 24.7 Å². The topological polar surface area (TPSA) is 96.3 Å². The van der Waals surface area contributed by atoms with Crippen molar-refractivity contribution in [1.82, 2.24) is 4.72 Å². The SMILES string of the molecule is CCOC(=O)CCS(=O)(=O)NC(C#N)C1CC1. The maximum absolute atomic E-state index is 11.6. The summed E-state index contributed by atoms with van der Waals surface area (Å²) in [6.45, 7) is 1.89. The molecule has 17 heavy (non-hydrogen) atoms. The molecule has 1 atom stereocenters. The van der Waals surface area contributed by atoms with E-state index >= 15 is 0 Å². The van der Waals surface area contributed by atoms with Crippen LogP contribution in [0.2, 0.25) is 0 Å². The largest absolute Gasteiger partial charge is 0.466 e. The Morgan fingerprint density at radius 3 is 2.71 bits per heavy atom. The highest BCUT2D eigenvalue weighted by Gasteiger charge is 2.34. The Hall–Kier alpha value is -1.13. The second-order valence-electron chi connectivity index (χ2n) is 3.94. The van der Waals surface area contributed by atoms with Crippen molar-refractivity contribution in [2.75, 3.05) is 12.4 Å². The van der Waals surface area contributed by atoms with Crippen LogP contribution in [0.4, 0.5) is 0 Å². The molecule has 1 N–H and O–H groups in total. The first-order valence-electron chi connectivity index (χ1n) is 5.53. The van der Waals surface area contributed by atoms with Crippen LogP contribution in [0.3, 0.4) is 0 Å². The standard InChI is InChI=1S/C10H16N2O4S/c1-2-16-10(13)5-6-17(14,15)12-9(7-11)8-3-4-8/h8-9,12H,2-6H2,1H3. The van der Waals surface area contributed by atoms with Crippen molar-refractivity contribution in [3.63, 3.8) is 0 Å². The fraction of sp³-hybridized carbons (Fsp3) is 0.800. The number of esters is 1. The number of rotatable bonds is 7. The van der Waals surface area contributed by atoms with Crippen LogP contribution < -0.4 is 4.72 Å². The summed E-state index contributed by atoms with van der Waals surface area (Å²) in [5.74, 6) is -0.758. The van der Waals surface area contributed by atoms with Gasteiger partial charge in [0, 0.05) is 0 Å². The van der Waals surface area contributed by atoms with Crippen LogP contribution in [0, 0.1) is 17.2 Å². The molecule has 0 amide bonds. The Morgan fingerprint density at radius 1 is 1.59 bits per heavy atom. The van der Waals surface area contributed by atoms with Crippen molar-refractivity contribution in [2.45, 2.75) is 32.2 Å². The van der Waals surface area contributed by atoms with E-state index < -0.39 is 22.0 Å². The molecule has 0 saturated heterocycles. The molecule has 0 aromatic rings. The predicted molar refractivity (Wildman–Crippen MR) is 60.3 cm³/mol. The highest BCUT2D eigenvalue weighted by Crippen LogP contribution is 2.32. The number of sulfonamides is 1. The molecule has 96 valence electrons. The molecular weight excluding hydrogens is 244 g/mol. The van der Waals surface area contributed by atoms with Crippen LogP contribution in [-0.4, -0.2) is 32.8 Å². The summed E-state index contributed by atoms with van der Waals surface area (Å²) in [5, 5.41) is 8.79. The fourth-order valence-corrected chi connectivity index (χ4v) is 2.55. The van der Waals surface area contributed by atoms with Gasteiger partial charge in [0.2, 0.25) is 10.0 Å². The fourth-order valence-electron chi connectivity index (χ4n) is 1.36. The van der Waals surface area contributed by atoms with Crippen LogP contribution in [-0.2, 0) is 19.6 Å². The molecule has 1 aliphatic rings. The van der Waals surface area contributed by atoms with Crippen LogP contribution in [0.15, 0.2) is 0 Å². The monoisotopic (exact) mass is 260 g/mol. The maximum atomic E-state index is 11.6. The Kier molecular flexibility index (Phi) is 4.90. The first kappa shape index (κ1) is 13.9. The lowest BCUT2D eigenvalue weighted by molar-refractivity contribution is -0.142. The summed E-state index contributed by atoms with van der Waals surface area (Å²) < 4.78 is 30.1. The number of nitriles is 1. The molecule has 0 bridgehead atoms.